The molecule has 544 valence electrons. The molecule has 0 aromatic heterocycles. The van der Waals surface area contributed by atoms with Gasteiger partial charge in [0.1, 0.15) is 0 Å². The van der Waals surface area contributed by atoms with Crippen molar-refractivity contribution in [1.29, 1.82) is 0 Å². The van der Waals surface area contributed by atoms with Crippen molar-refractivity contribution in [2.24, 2.45) is 11.8 Å². The normalized spacial score (nSPS) is 14.1. The molecule has 0 nitrogen and oxygen atoms in total. The van der Waals surface area contributed by atoms with Gasteiger partial charge in [-0.1, -0.05) is 429 Å². The lowest BCUT2D eigenvalue weighted by Crippen LogP contribution is -2.29. The number of hydrogen-bond donors (Lipinski definition) is 0. The first-order valence-corrected chi connectivity index (χ1v) is 46.8. The highest BCUT2D eigenvalue weighted by molar-refractivity contribution is 9.13. The second-order valence-electron chi connectivity index (χ2n) is 25.4. The molecule has 0 spiro atoms. The Hall–Kier alpha value is -4.28. The van der Waals surface area contributed by atoms with Gasteiger partial charge in [0, 0.05) is 83.4 Å². The van der Waals surface area contributed by atoms with Crippen LogP contribution in [0.15, 0.2) is 422 Å². The summed E-state index contributed by atoms with van der Waals surface area (Å²) in [6, 6.07) is 96.1. The Labute approximate surface area is 774 Å². The van der Waals surface area contributed by atoms with Crippen LogP contribution in [-0.2, 0) is 0 Å². The van der Waals surface area contributed by atoms with E-state index in [0.717, 1.165) is 53.7 Å². The fourth-order valence-electron chi connectivity index (χ4n) is 13.4. The van der Waals surface area contributed by atoms with E-state index in [4.69, 9.17) is 0 Å². The molecular formula is C94H56Br16. The predicted molar refractivity (Wildman–Crippen MR) is 533 cm³/mol. The van der Waals surface area contributed by atoms with Crippen LogP contribution in [0, 0.1) is 11.8 Å². The minimum absolute atomic E-state index is 0.474. The van der Waals surface area contributed by atoms with Crippen molar-refractivity contribution >= 4 is 352 Å². The van der Waals surface area contributed by atoms with Crippen LogP contribution < -0.4 is 0 Å². The summed E-state index contributed by atoms with van der Waals surface area (Å²) in [5.74, 6) is 0.948. The van der Waals surface area contributed by atoms with E-state index in [1.807, 2.05) is 72.8 Å². The molecule has 0 aliphatic heterocycles. The Morgan fingerprint density at radius 1 is 0.191 bits per heavy atom. The zero-order chi connectivity index (χ0) is 77.3. The molecule has 0 radical (unpaired) electrons. The number of halogens is 16. The van der Waals surface area contributed by atoms with Crippen LogP contribution in [0.3, 0.4) is 0 Å². The largest absolute Gasteiger partial charge is 0.0616 e. The SMILES string of the molecule is BrC1=CC=C2C=CC3=C(Br)C=CC4=CC=C1C2C43.Brc1c2ccccc2c(Br)c2ccccc12.Brc1cc2c3ccccc3c(Br)cc2c2ccccc12.Brc1ccc(Br)c2ccccc12.Brc1ccc(Br)cc1.Brc1ccc2cc(Br)c3ccccc3c2c1.Brc1ccc2cc(Br)ccc2c1.Brc1cccc(Br)c1. The van der Waals surface area contributed by atoms with Gasteiger partial charge in [-0.2, -0.15) is 0 Å². The third kappa shape index (κ3) is 20.0. The van der Waals surface area contributed by atoms with Crippen LogP contribution in [0.1, 0.15) is 0 Å². The van der Waals surface area contributed by atoms with Gasteiger partial charge in [-0.3, -0.25) is 0 Å². The topological polar surface area (TPSA) is 0 Å². The van der Waals surface area contributed by atoms with Crippen molar-refractivity contribution in [3.05, 3.63) is 422 Å². The molecule has 110 heavy (non-hydrogen) atoms. The third-order valence-electron chi connectivity index (χ3n) is 18.6. The monoisotopic (exact) mass is 2450 g/mol. The van der Waals surface area contributed by atoms with Gasteiger partial charge < -0.3 is 0 Å². The molecule has 16 aromatic carbocycles. The van der Waals surface area contributed by atoms with Crippen molar-refractivity contribution < 1.29 is 0 Å². The standard InChI is InChI=1S/C18H10Br2.C16H10Br2.2C14H8Br2.2C10H6Br2.2C6H4Br2/c19-17-10-16-12-6-2-4-8-14(12)18(20)9-15(16)11-5-1-3-7-13(11)17;17-13-8-4-10-2-6-12-14(18)7-3-9-1-5-11(13)16(10)15(9)12;15-13-9-5-1-2-6-10(9)14(16)12-8-4-3-7-11(12)13;15-10-6-5-9-7-14(16)12-4-2-1-3-11(12)13(9)8-10;11-9-3-1-7-5-10(12)4-2-8(7)6-9;11-9-5-6-10(12)8-4-2-1-3-7(8)9;7-5-1-2-6(8)4-3-5;7-5-2-1-3-6(8)4-5/h1-10H;1-8,15-16H;2*1-8H;2*1-6H;2*1-4H. The molecule has 0 amide bonds. The van der Waals surface area contributed by atoms with Gasteiger partial charge in [0.05, 0.1) is 0 Å². The Bertz CT molecular complexity index is 6130. The van der Waals surface area contributed by atoms with Gasteiger partial charge in [-0.25, -0.2) is 0 Å². The summed E-state index contributed by atoms with van der Waals surface area (Å²) < 4.78 is 18.3. The lowest BCUT2D eigenvalue weighted by molar-refractivity contribution is 0.562. The molecule has 0 saturated carbocycles. The second kappa shape index (κ2) is 39.1. The van der Waals surface area contributed by atoms with Crippen molar-refractivity contribution in [2.45, 2.75) is 0 Å². The van der Waals surface area contributed by atoms with Gasteiger partial charge in [-0.05, 0) is 272 Å². The average molecular weight is 2460 g/mol. The Morgan fingerprint density at radius 3 is 0.955 bits per heavy atom. The van der Waals surface area contributed by atoms with Crippen LogP contribution in [0.4, 0.5) is 0 Å². The van der Waals surface area contributed by atoms with Gasteiger partial charge in [0.15, 0.2) is 0 Å². The highest BCUT2D eigenvalue weighted by atomic mass is 79.9. The summed E-state index contributed by atoms with van der Waals surface area (Å²) in [7, 11) is 0. The van der Waals surface area contributed by atoms with Gasteiger partial charge in [0.25, 0.3) is 0 Å². The molecule has 0 N–H and O–H groups in total. The molecule has 0 heterocycles. The molecular weight excluding hydrogens is 2410 g/mol. The fraction of sp³-hybridized carbons (Fsp3) is 0.0213. The maximum absolute atomic E-state index is 3.71. The number of hydrogen-bond acceptors (Lipinski definition) is 0. The molecule has 16 aromatic rings. The summed E-state index contributed by atoms with van der Waals surface area (Å²) in [6.45, 7) is 0. The van der Waals surface area contributed by atoms with Crippen LogP contribution in [0.2, 0.25) is 0 Å². The Morgan fingerprint density at radius 2 is 0.527 bits per heavy atom. The minimum Gasteiger partial charge on any atom is -0.0616 e. The highest BCUT2D eigenvalue weighted by Gasteiger charge is 2.39. The quantitative estimate of drug-likeness (QED) is 0.105. The molecule has 0 fully saturated rings. The van der Waals surface area contributed by atoms with E-state index in [1.54, 1.807) is 0 Å². The smallest absolute Gasteiger partial charge is 0.0332 e. The zero-order valence-electron chi connectivity index (χ0n) is 57.4. The summed E-state index contributed by atoms with van der Waals surface area (Å²) in [5, 5.41) is 22.7. The van der Waals surface area contributed by atoms with Gasteiger partial charge in [-0.15, -0.1) is 0 Å². The van der Waals surface area contributed by atoms with E-state index >= 15 is 0 Å². The van der Waals surface area contributed by atoms with Gasteiger partial charge in [0.2, 0.25) is 0 Å². The summed E-state index contributed by atoms with van der Waals surface area (Å²) in [4.78, 5) is 0. The molecule has 0 bridgehead atoms. The maximum Gasteiger partial charge on any atom is 0.0332 e. The average Bonchev–Trinajstić information content (AvgIpc) is 0.743. The molecule has 16 heteroatoms. The second-order valence-corrected chi connectivity index (χ2v) is 39.3. The predicted octanol–water partition coefficient (Wildman–Crippen LogP) is 38.0. The van der Waals surface area contributed by atoms with E-state index in [9.17, 15) is 0 Å². The van der Waals surface area contributed by atoms with Crippen LogP contribution >= 0.6 is 255 Å². The molecule has 4 aliphatic rings. The van der Waals surface area contributed by atoms with Crippen LogP contribution in [-0.4, -0.2) is 0 Å². The number of allylic oxidation sites excluding steroid dienone is 14. The Balaban J connectivity index is 0.000000112. The van der Waals surface area contributed by atoms with Crippen LogP contribution in [0.25, 0.3) is 97.0 Å². The first-order chi connectivity index (χ1) is 53.2. The summed E-state index contributed by atoms with van der Waals surface area (Å²) in [5.41, 5.74) is 5.64. The summed E-state index contributed by atoms with van der Waals surface area (Å²) >= 11 is 56.5. The third-order valence-corrected chi connectivity index (χ3v) is 28.6. The van der Waals surface area contributed by atoms with E-state index < -0.39 is 0 Å². The van der Waals surface area contributed by atoms with E-state index in [1.165, 1.54) is 137 Å². The molecule has 4 aliphatic carbocycles. The lowest BCUT2D eigenvalue weighted by atomic mass is 9.64. The van der Waals surface area contributed by atoms with E-state index in [0.29, 0.717) is 11.8 Å². The molecule has 2 unspecified atom stereocenters. The molecule has 2 atom stereocenters. The van der Waals surface area contributed by atoms with E-state index in [2.05, 4.69) is 510 Å². The fourth-order valence-corrected chi connectivity index (χ4v) is 21.3. The number of benzene rings is 16. The van der Waals surface area contributed by atoms with E-state index in [-0.39, 0.29) is 0 Å². The van der Waals surface area contributed by atoms with Crippen molar-refractivity contribution in [3.63, 3.8) is 0 Å². The number of rotatable bonds is 0. The lowest BCUT2D eigenvalue weighted by Gasteiger charge is -2.40. The minimum atomic E-state index is 0.474. The maximum atomic E-state index is 3.71. The zero-order valence-corrected chi connectivity index (χ0v) is 82.8. The summed E-state index contributed by atoms with van der Waals surface area (Å²) in [6.07, 6.45) is 17.8. The van der Waals surface area contributed by atoms with Crippen molar-refractivity contribution in [3.8, 4) is 0 Å². The number of fused-ring (bicyclic) bond motifs is 12. The Kier molecular flexibility index (Phi) is 29.7. The van der Waals surface area contributed by atoms with Gasteiger partial charge >= 0.3 is 0 Å². The van der Waals surface area contributed by atoms with Crippen molar-refractivity contribution in [1.82, 2.24) is 0 Å². The highest BCUT2D eigenvalue weighted by Crippen LogP contribution is 2.53. The first kappa shape index (κ1) is 83.7. The molecule has 0 saturated heterocycles. The first-order valence-electron chi connectivity index (χ1n) is 34.1. The molecule has 20 rings (SSSR count). The van der Waals surface area contributed by atoms with Crippen molar-refractivity contribution in [2.75, 3.05) is 0 Å². The van der Waals surface area contributed by atoms with Crippen LogP contribution in [0.5, 0.6) is 0 Å².